The molecule has 1 unspecified atom stereocenters. The first-order valence-electron chi connectivity index (χ1n) is 6.91. The molecule has 1 saturated carbocycles. The van der Waals surface area contributed by atoms with Gasteiger partial charge >= 0.3 is 0 Å². The van der Waals surface area contributed by atoms with Gasteiger partial charge in [-0.15, -0.1) is 0 Å². The van der Waals surface area contributed by atoms with Crippen molar-refractivity contribution in [1.82, 2.24) is 5.32 Å². The smallest absolute Gasteiger partial charge is 0.248 e. The highest BCUT2D eigenvalue weighted by Crippen LogP contribution is 2.36. The van der Waals surface area contributed by atoms with Crippen LogP contribution in [0.2, 0.25) is 0 Å². The van der Waals surface area contributed by atoms with Crippen molar-refractivity contribution in [2.75, 3.05) is 5.73 Å². The van der Waals surface area contributed by atoms with E-state index in [2.05, 4.69) is 5.32 Å². The Labute approximate surface area is 117 Å². The van der Waals surface area contributed by atoms with E-state index in [0.717, 1.165) is 5.56 Å². The van der Waals surface area contributed by atoms with Gasteiger partial charge in [0.2, 0.25) is 11.8 Å². The van der Waals surface area contributed by atoms with Gasteiger partial charge in [0.25, 0.3) is 0 Å². The Morgan fingerprint density at radius 2 is 2.05 bits per heavy atom. The molecule has 0 spiro atoms. The first-order valence-corrected chi connectivity index (χ1v) is 6.91. The van der Waals surface area contributed by atoms with Crippen molar-refractivity contribution in [3.05, 3.63) is 29.8 Å². The van der Waals surface area contributed by atoms with Gasteiger partial charge in [-0.25, -0.2) is 8.78 Å². The Bertz CT molecular complexity index is 481. The minimum absolute atomic E-state index is 0.143. The molecule has 1 fully saturated rings. The molecular weight excluding hydrogens is 262 g/mol. The van der Waals surface area contributed by atoms with E-state index in [-0.39, 0.29) is 43.6 Å². The number of carbonyl (C=O) groups is 1. The van der Waals surface area contributed by atoms with Gasteiger partial charge in [0.15, 0.2) is 0 Å². The lowest BCUT2D eigenvalue weighted by Gasteiger charge is -2.28. The van der Waals surface area contributed by atoms with Crippen LogP contribution in [0, 0.1) is 5.92 Å². The van der Waals surface area contributed by atoms with E-state index in [4.69, 9.17) is 5.73 Å². The molecule has 5 heteroatoms. The van der Waals surface area contributed by atoms with E-state index >= 15 is 0 Å². The maximum absolute atomic E-state index is 13.1. The summed E-state index contributed by atoms with van der Waals surface area (Å²) in [4.78, 5) is 12.1. The highest BCUT2D eigenvalue weighted by atomic mass is 19.3. The second-order valence-corrected chi connectivity index (χ2v) is 5.53. The zero-order valence-corrected chi connectivity index (χ0v) is 11.5. The van der Waals surface area contributed by atoms with E-state index in [9.17, 15) is 13.6 Å². The van der Waals surface area contributed by atoms with Crippen LogP contribution in [0.25, 0.3) is 0 Å². The van der Waals surface area contributed by atoms with Gasteiger partial charge in [0.1, 0.15) is 0 Å². The summed E-state index contributed by atoms with van der Waals surface area (Å²) in [5.41, 5.74) is 7.26. The quantitative estimate of drug-likeness (QED) is 0.836. The Balaban J connectivity index is 1.91. The fraction of sp³-hybridized carbons (Fsp3) is 0.533. The third kappa shape index (κ3) is 3.68. The fourth-order valence-corrected chi connectivity index (χ4v) is 2.55. The molecular formula is C15H20F2N2O. The maximum Gasteiger partial charge on any atom is 0.248 e. The lowest BCUT2D eigenvalue weighted by molar-refractivity contribution is -0.129. The topological polar surface area (TPSA) is 55.1 Å². The Hall–Kier alpha value is -1.65. The third-order valence-electron chi connectivity index (χ3n) is 3.86. The summed E-state index contributed by atoms with van der Waals surface area (Å²) < 4.78 is 26.1. The summed E-state index contributed by atoms with van der Waals surface area (Å²) in [6, 6.07) is 7.12. The first-order chi connectivity index (χ1) is 9.37. The van der Waals surface area contributed by atoms with Crippen LogP contribution < -0.4 is 11.1 Å². The van der Waals surface area contributed by atoms with Crippen molar-refractivity contribution in [1.29, 1.82) is 0 Å². The summed E-state index contributed by atoms with van der Waals surface area (Å²) in [7, 11) is 0. The van der Waals surface area contributed by atoms with Crippen LogP contribution in [0.15, 0.2) is 24.3 Å². The van der Waals surface area contributed by atoms with Crippen LogP contribution in [0.3, 0.4) is 0 Å². The number of nitrogen functional groups attached to an aromatic ring is 1. The van der Waals surface area contributed by atoms with Gasteiger partial charge in [-0.05, 0) is 37.5 Å². The van der Waals surface area contributed by atoms with Gasteiger partial charge in [-0.2, -0.15) is 0 Å². The average molecular weight is 282 g/mol. The van der Waals surface area contributed by atoms with Gasteiger partial charge < -0.3 is 11.1 Å². The molecule has 3 N–H and O–H groups in total. The zero-order valence-electron chi connectivity index (χ0n) is 11.5. The largest absolute Gasteiger partial charge is 0.399 e. The minimum Gasteiger partial charge on any atom is -0.399 e. The highest BCUT2D eigenvalue weighted by molar-refractivity contribution is 5.79. The molecule has 1 aromatic rings. The van der Waals surface area contributed by atoms with E-state index in [1.165, 1.54) is 0 Å². The lowest BCUT2D eigenvalue weighted by atomic mass is 9.86. The molecule has 0 aliphatic heterocycles. The van der Waals surface area contributed by atoms with E-state index < -0.39 is 5.92 Å². The molecule has 1 atom stereocenters. The summed E-state index contributed by atoms with van der Waals surface area (Å²) in [6.45, 7) is 1.87. The summed E-state index contributed by atoms with van der Waals surface area (Å²) >= 11 is 0. The van der Waals surface area contributed by atoms with Crippen LogP contribution in [0.4, 0.5) is 14.5 Å². The van der Waals surface area contributed by atoms with Gasteiger partial charge in [0, 0.05) is 24.4 Å². The Kier molecular flexibility index (Phi) is 4.26. The number of halogens is 2. The number of nitrogens with one attached hydrogen (secondary N) is 1. The lowest BCUT2D eigenvalue weighted by Crippen LogP contribution is -2.37. The van der Waals surface area contributed by atoms with Gasteiger partial charge in [-0.3, -0.25) is 4.79 Å². The van der Waals surface area contributed by atoms with Gasteiger partial charge in [0.05, 0.1) is 6.04 Å². The van der Waals surface area contributed by atoms with E-state index in [1.54, 1.807) is 12.1 Å². The van der Waals surface area contributed by atoms with Crippen molar-refractivity contribution in [2.45, 2.75) is 44.6 Å². The summed E-state index contributed by atoms with van der Waals surface area (Å²) in [5.74, 6) is -3.05. The molecule has 1 aliphatic carbocycles. The van der Waals surface area contributed by atoms with Crippen molar-refractivity contribution in [2.24, 2.45) is 5.92 Å². The summed E-state index contributed by atoms with van der Waals surface area (Å²) in [5, 5.41) is 2.88. The minimum atomic E-state index is -2.60. The average Bonchev–Trinajstić information content (AvgIpc) is 2.38. The molecule has 110 valence electrons. The monoisotopic (exact) mass is 282 g/mol. The molecule has 1 aliphatic rings. The number of amides is 1. The number of hydrogen-bond donors (Lipinski definition) is 2. The number of benzene rings is 1. The van der Waals surface area contributed by atoms with E-state index in [0.29, 0.717) is 5.69 Å². The SMILES string of the molecule is CC(NC(=O)C1CCC(F)(F)CC1)c1cccc(N)c1. The molecule has 0 saturated heterocycles. The van der Waals surface area contributed by atoms with Crippen LogP contribution in [0.1, 0.15) is 44.2 Å². The fourth-order valence-electron chi connectivity index (χ4n) is 2.55. The van der Waals surface area contributed by atoms with Crippen LogP contribution >= 0.6 is 0 Å². The highest BCUT2D eigenvalue weighted by Gasteiger charge is 2.37. The molecule has 0 heterocycles. The Morgan fingerprint density at radius 3 is 2.65 bits per heavy atom. The Morgan fingerprint density at radius 1 is 1.40 bits per heavy atom. The number of anilines is 1. The summed E-state index contributed by atoms with van der Waals surface area (Å²) in [6.07, 6.45) is 0.112. The van der Waals surface area contributed by atoms with Crippen molar-refractivity contribution < 1.29 is 13.6 Å². The third-order valence-corrected chi connectivity index (χ3v) is 3.86. The molecule has 0 aromatic heterocycles. The second-order valence-electron chi connectivity index (χ2n) is 5.53. The number of nitrogens with two attached hydrogens (primary N) is 1. The number of carbonyl (C=O) groups excluding carboxylic acids is 1. The molecule has 0 bridgehead atoms. The predicted molar refractivity (Wildman–Crippen MR) is 74.3 cm³/mol. The normalized spacial score (nSPS) is 20.4. The molecule has 1 aromatic carbocycles. The van der Waals surface area contributed by atoms with Crippen molar-refractivity contribution in [3.63, 3.8) is 0 Å². The second kappa shape index (κ2) is 5.77. The zero-order chi connectivity index (χ0) is 14.8. The van der Waals surface area contributed by atoms with Gasteiger partial charge in [-0.1, -0.05) is 12.1 Å². The molecule has 3 nitrogen and oxygen atoms in total. The van der Waals surface area contributed by atoms with Crippen LogP contribution in [0.5, 0.6) is 0 Å². The van der Waals surface area contributed by atoms with Crippen molar-refractivity contribution in [3.8, 4) is 0 Å². The molecule has 0 radical (unpaired) electrons. The number of hydrogen-bond acceptors (Lipinski definition) is 2. The number of alkyl halides is 2. The maximum atomic E-state index is 13.1. The van der Waals surface area contributed by atoms with Crippen LogP contribution in [-0.4, -0.2) is 11.8 Å². The predicted octanol–water partition coefficient (Wildman–Crippen LogP) is 3.27. The first kappa shape index (κ1) is 14.8. The molecule has 1 amide bonds. The number of rotatable bonds is 3. The van der Waals surface area contributed by atoms with E-state index in [1.807, 2.05) is 19.1 Å². The standard InChI is InChI=1S/C15H20F2N2O/c1-10(12-3-2-4-13(18)9-12)19-14(20)11-5-7-15(16,17)8-6-11/h2-4,9-11H,5-8,18H2,1H3,(H,19,20). The van der Waals surface area contributed by atoms with Crippen LogP contribution in [-0.2, 0) is 4.79 Å². The van der Waals surface area contributed by atoms with Crippen molar-refractivity contribution >= 4 is 11.6 Å². The molecule has 20 heavy (non-hydrogen) atoms. The molecule has 2 rings (SSSR count).